The molecule has 0 heterocycles. The first-order valence-corrected chi connectivity index (χ1v) is 8.95. The van der Waals surface area contributed by atoms with Crippen LogP contribution in [0.15, 0.2) is 0 Å². The molecule has 0 saturated heterocycles. The van der Waals surface area contributed by atoms with Crippen LogP contribution in [0.25, 0.3) is 0 Å². The monoisotopic (exact) mass is 314 g/mol. The maximum atomic E-state index is 11.5. The largest absolute Gasteiger partial charge is 0.465 e. The molecule has 4 heteroatoms. The number of carbonyl (C=O) groups is 2. The van der Waals surface area contributed by atoms with Crippen molar-refractivity contribution in [2.24, 2.45) is 0 Å². The Labute approximate surface area is 135 Å². The molecule has 0 bridgehead atoms. The maximum absolute atomic E-state index is 11.5. The third-order valence-electron chi connectivity index (χ3n) is 3.60. The fourth-order valence-corrected chi connectivity index (χ4v) is 2.23. The van der Waals surface area contributed by atoms with Crippen molar-refractivity contribution in [3.8, 4) is 0 Å². The van der Waals surface area contributed by atoms with E-state index < -0.39 is 11.9 Å². The van der Waals surface area contributed by atoms with Crippen molar-refractivity contribution >= 4 is 11.9 Å². The van der Waals surface area contributed by atoms with Gasteiger partial charge in [-0.2, -0.15) is 0 Å². The van der Waals surface area contributed by atoms with Crippen LogP contribution in [0.3, 0.4) is 0 Å². The summed E-state index contributed by atoms with van der Waals surface area (Å²) in [7, 11) is 0. The molecule has 0 N–H and O–H groups in total. The highest BCUT2D eigenvalue weighted by Crippen LogP contribution is 2.08. The Kier molecular flexibility index (Phi) is 14.1. The molecule has 22 heavy (non-hydrogen) atoms. The second-order valence-electron chi connectivity index (χ2n) is 5.96. The van der Waals surface area contributed by atoms with Crippen molar-refractivity contribution in [2.75, 3.05) is 6.61 Å². The summed E-state index contributed by atoms with van der Waals surface area (Å²) in [6.45, 7) is 6.56. The van der Waals surface area contributed by atoms with Crippen LogP contribution < -0.4 is 0 Å². The molecule has 0 aliphatic rings. The van der Waals surface area contributed by atoms with E-state index in [1.807, 2.05) is 6.92 Å². The number of hydrogen-bond acceptors (Lipinski definition) is 4. The zero-order valence-corrected chi connectivity index (χ0v) is 14.7. The van der Waals surface area contributed by atoms with E-state index in [2.05, 4.69) is 13.8 Å². The van der Waals surface area contributed by atoms with Gasteiger partial charge in [0.1, 0.15) is 6.42 Å². The molecule has 0 aromatic rings. The molecule has 0 amide bonds. The highest BCUT2D eigenvalue weighted by atomic mass is 16.6. The van der Waals surface area contributed by atoms with Crippen LogP contribution in [0.2, 0.25) is 0 Å². The second kappa shape index (κ2) is 14.9. The van der Waals surface area contributed by atoms with Gasteiger partial charge in [-0.05, 0) is 19.8 Å². The van der Waals surface area contributed by atoms with Crippen molar-refractivity contribution in [3.05, 3.63) is 0 Å². The Morgan fingerprint density at radius 2 is 1.41 bits per heavy atom. The van der Waals surface area contributed by atoms with Crippen LogP contribution in [-0.4, -0.2) is 24.6 Å². The summed E-state index contributed by atoms with van der Waals surface area (Å²) >= 11 is 0. The zero-order chi connectivity index (χ0) is 16.6. The quantitative estimate of drug-likeness (QED) is 0.263. The Morgan fingerprint density at radius 3 is 2.05 bits per heavy atom. The lowest BCUT2D eigenvalue weighted by molar-refractivity contribution is -0.157. The summed E-state index contributed by atoms with van der Waals surface area (Å²) < 4.78 is 10.2. The molecule has 0 spiro atoms. The van der Waals surface area contributed by atoms with E-state index in [9.17, 15) is 9.59 Å². The van der Waals surface area contributed by atoms with Crippen molar-refractivity contribution in [2.45, 2.75) is 97.5 Å². The predicted molar refractivity (Wildman–Crippen MR) is 88.6 cm³/mol. The fraction of sp³-hybridized carbons (Fsp3) is 0.889. The standard InChI is InChI=1S/C18H34O4/c1-4-6-8-9-10-11-12-14-21-17(19)15-18(20)22-16(3)13-7-5-2/h16H,4-15H2,1-3H3. The van der Waals surface area contributed by atoms with Crippen LogP contribution in [-0.2, 0) is 19.1 Å². The molecule has 0 saturated carbocycles. The number of esters is 2. The Morgan fingerprint density at radius 1 is 0.818 bits per heavy atom. The van der Waals surface area contributed by atoms with E-state index in [4.69, 9.17) is 9.47 Å². The van der Waals surface area contributed by atoms with Gasteiger partial charge >= 0.3 is 11.9 Å². The third kappa shape index (κ3) is 13.9. The van der Waals surface area contributed by atoms with Gasteiger partial charge in [0.05, 0.1) is 12.7 Å². The van der Waals surface area contributed by atoms with Crippen molar-refractivity contribution in [3.63, 3.8) is 0 Å². The van der Waals surface area contributed by atoms with Crippen molar-refractivity contribution < 1.29 is 19.1 Å². The topological polar surface area (TPSA) is 52.6 Å². The summed E-state index contributed by atoms with van der Waals surface area (Å²) in [6, 6.07) is 0. The van der Waals surface area contributed by atoms with Gasteiger partial charge in [-0.1, -0.05) is 65.2 Å². The molecule has 0 aromatic carbocycles. The average Bonchev–Trinajstić information content (AvgIpc) is 2.47. The highest BCUT2D eigenvalue weighted by Gasteiger charge is 2.14. The van der Waals surface area contributed by atoms with Crippen LogP contribution in [0.1, 0.15) is 91.4 Å². The van der Waals surface area contributed by atoms with E-state index in [1.165, 1.54) is 32.1 Å². The first kappa shape index (κ1) is 20.9. The molecule has 1 unspecified atom stereocenters. The van der Waals surface area contributed by atoms with Gasteiger partial charge in [-0.25, -0.2) is 0 Å². The first-order chi connectivity index (χ1) is 10.6. The van der Waals surface area contributed by atoms with E-state index >= 15 is 0 Å². The van der Waals surface area contributed by atoms with Gasteiger partial charge in [-0.15, -0.1) is 0 Å². The van der Waals surface area contributed by atoms with Gasteiger partial charge in [-0.3, -0.25) is 9.59 Å². The SMILES string of the molecule is CCCCCCCCCOC(=O)CC(=O)OC(C)CCCC. The van der Waals surface area contributed by atoms with Gasteiger partial charge in [0.15, 0.2) is 0 Å². The molecular formula is C18H34O4. The number of unbranched alkanes of at least 4 members (excludes halogenated alkanes) is 7. The zero-order valence-electron chi connectivity index (χ0n) is 14.7. The molecule has 0 aromatic heterocycles. The molecule has 0 aliphatic heterocycles. The minimum absolute atomic E-state index is 0.122. The fourth-order valence-electron chi connectivity index (χ4n) is 2.23. The lowest BCUT2D eigenvalue weighted by atomic mass is 10.1. The van der Waals surface area contributed by atoms with Crippen LogP contribution in [0.5, 0.6) is 0 Å². The molecule has 0 rings (SSSR count). The Hall–Kier alpha value is -1.06. The number of ether oxygens (including phenoxy) is 2. The summed E-state index contributed by atoms with van der Waals surface area (Å²) in [6.07, 6.45) is 10.8. The third-order valence-corrected chi connectivity index (χ3v) is 3.60. The molecule has 0 radical (unpaired) electrons. The minimum Gasteiger partial charge on any atom is -0.465 e. The summed E-state index contributed by atoms with van der Waals surface area (Å²) in [5, 5.41) is 0. The summed E-state index contributed by atoms with van der Waals surface area (Å²) in [5.74, 6) is -0.952. The molecule has 4 nitrogen and oxygen atoms in total. The van der Waals surface area contributed by atoms with Gasteiger partial charge in [0.2, 0.25) is 0 Å². The van der Waals surface area contributed by atoms with E-state index in [-0.39, 0.29) is 12.5 Å². The average molecular weight is 314 g/mol. The number of carbonyl (C=O) groups excluding carboxylic acids is 2. The van der Waals surface area contributed by atoms with Gasteiger partial charge < -0.3 is 9.47 Å². The molecule has 1 atom stereocenters. The molecule has 0 fully saturated rings. The van der Waals surface area contributed by atoms with Crippen LogP contribution in [0.4, 0.5) is 0 Å². The Balaban J connectivity index is 3.50. The lowest BCUT2D eigenvalue weighted by Crippen LogP contribution is -2.19. The van der Waals surface area contributed by atoms with Crippen LogP contribution >= 0.6 is 0 Å². The maximum Gasteiger partial charge on any atom is 0.317 e. The number of hydrogen-bond donors (Lipinski definition) is 0. The van der Waals surface area contributed by atoms with E-state index in [1.54, 1.807) is 0 Å². The first-order valence-electron chi connectivity index (χ1n) is 8.95. The normalized spacial score (nSPS) is 12.0. The molecule has 0 aliphatic carbocycles. The Bertz CT molecular complexity index is 289. The highest BCUT2D eigenvalue weighted by molar-refractivity contribution is 5.91. The molecule has 130 valence electrons. The van der Waals surface area contributed by atoms with E-state index in [0.29, 0.717) is 6.61 Å². The minimum atomic E-state index is -0.479. The van der Waals surface area contributed by atoms with Gasteiger partial charge in [0, 0.05) is 0 Å². The van der Waals surface area contributed by atoms with Crippen LogP contribution in [0, 0.1) is 0 Å². The molecular weight excluding hydrogens is 280 g/mol. The van der Waals surface area contributed by atoms with Crippen molar-refractivity contribution in [1.82, 2.24) is 0 Å². The summed E-state index contributed by atoms with van der Waals surface area (Å²) in [4.78, 5) is 23.0. The summed E-state index contributed by atoms with van der Waals surface area (Å²) in [5.41, 5.74) is 0. The predicted octanol–water partition coefficient (Wildman–Crippen LogP) is 4.79. The van der Waals surface area contributed by atoms with E-state index in [0.717, 1.165) is 32.1 Å². The number of rotatable bonds is 14. The van der Waals surface area contributed by atoms with Gasteiger partial charge in [0.25, 0.3) is 0 Å². The smallest absolute Gasteiger partial charge is 0.317 e. The van der Waals surface area contributed by atoms with Crippen molar-refractivity contribution in [1.29, 1.82) is 0 Å². The lowest BCUT2D eigenvalue weighted by Gasteiger charge is -2.12. The second-order valence-corrected chi connectivity index (χ2v) is 5.96.